The first kappa shape index (κ1) is 13.5. The van der Waals surface area contributed by atoms with Crippen LogP contribution in [-0.4, -0.2) is 16.5 Å². The molecule has 0 aromatic rings. The number of rotatable bonds is 6. The monoisotopic (exact) mass is 210 g/mol. The Balaban J connectivity index is 4.47. The van der Waals surface area contributed by atoms with Gasteiger partial charge in [-0.05, 0) is 25.0 Å². The summed E-state index contributed by atoms with van der Waals surface area (Å²) in [5, 5.41) is 18.1. The van der Waals surface area contributed by atoms with Crippen molar-refractivity contribution in [3.8, 4) is 0 Å². The lowest BCUT2D eigenvalue weighted by Crippen LogP contribution is -2.02. The van der Waals surface area contributed by atoms with E-state index in [4.69, 9.17) is 5.11 Å². The van der Waals surface area contributed by atoms with E-state index < -0.39 is 0 Å². The van der Waals surface area contributed by atoms with Crippen LogP contribution in [0, 0.1) is 5.92 Å². The smallest absolute Gasteiger partial charge is 0.152 e. The van der Waals surface area contributed by atoms with Gasteiger partial charge in [0.05, 0.1) is 0 Å². The fraction of sp³-hybridized carbons (Fsp3) is 0.417. The summed E-state index contributed by atoms with van der Waals surface area (Å²) in [4.78, 5) is 10.7. The van der Waals surface area contributed by atoms with E-state index in [1.807, 2.05) is 6.92 Å². The van der Waals surface area contributed by atoms with Crippen LogP contribution in [0.15, 0.2) is 35.8 Å². The Morgan fingerprint density at radius 3 is 2.40 bits per heavy atom. The van der Waals surface area contributed by atoms with Crippen LogP contribution in [0.5, 0.6) is 0 Å². The molecule has 0 aromatic carbocycles. The zero-order chi connectivity index (χ0) is 11.8. The largest absolute Gasteiger partial charge is 0.509 e. The lowest BCUT2D eigenvalue weighted by molar-refractivity contribution is -0.110. The minimum absolute atomic E-state index is 0.155. The van der Waals surface area contributed by atoms with Crippen LogP contribution in [0.1, 0.15) is 26.7 Å². The third kappa shape index (κ3) is 5.05. The van der Waals surface area contributed by atoms with E-state index in [0.29, 0.717) is 5.57 Å². The van der Waals surface area contributed by atoms with Gasteiger partial charge in [-0.25, -0.2) is 0 Å². The van der Waals surface area contributed by atoms with Crippen molar-refractivity contribution in [3.63, 3.8) is 0 Å². The number of carbonyl (C=O) groups excluding carboxylic acids is 1. The van der Waals surface area contributed by atoms with Crippen LogP contribution in [0.25, 0.3) is 0 Å². The zero-order valence-corrected chi connectivity index (χ0v) is 9.23. The molecular weight excluding hydrogens is 192 g/mol. The highest BCUT2D eigenvalue weighted by Crippen LogP contribution is 2.15. The van der Waals surface area contributed by atoms with Crippen molar-refractivity contribution in [2.75, 3.05) is 0 Å². The molecular formula is C12H18O3. The van der Waals surface area contributed by atoms with Crippen molar-refractivity contribution >= 4 is 6.29 Å². The Bertz CT molecular complexity index is 283. The molecule has 3 heteroatoms. The maximum absolute atomic E-state index is 10.7. The lowest BCUT2D eigenvalue weighted by atomic mass is 9.97. The van der Waals surface area contributed by atoms with Crippen LogP contribution in [-0.2, 0) is 4.79 Å². The van der Waals surface area contributed by atoms with Crippen molar-refractivity contribution < 1.29 is 15.0 Å². The average molecular weight is 210 g/mol. The Morgan fingerprint density at radius 1 is 1.40 bits per heavy atom. The first-order chi connectivity index (χ1) is 7.02. The summed E-state index contributed by atoms with van der Waals surface area (Å²) in [7, 11) is 0. The minimum atomic E-state index is -0.211. The molecule has 1 unspecified atom stereocenters. The van der Waals surface area contributed by atoms with Crippen LogP contribution in [0.3, 0.4) is 0 Å². The number of hydrogen-bond donors (Lipinski definition) is 2. The normalized spacial score (nSPS) is 14.8. The summed E-state index contributed by atoms with van der Waals surface area (Å²) < 4.78 is 0. The molecule has 0 aromatic heterocycles. The molecule has 1 atom stereocenters. The molecule has 0 heterocycles. The molecule has 0 saturated heterocycles. The number of aliphatic hydroxyl groups is 2. The standard InChI is InChI=1S/C12H18O3/c1-4-5-11(8-13)9(2)6-7-12(15)10(3)14/h6-8,11,14-15H,2,4-5H2,1,3H3/b7-6-,12-10-. The molecule has 0 spiro atoms. The van der Waals surface area contributed by atoms with Crippen molar-refractivity contribution in [3.05, 3.63) is 35.8 Å². The summed E-state index contributed by atoms with van der Waals surface area (Å²) in [5.41, 5.74) is 0.639. The number of carbonyl (C=O) groups is 1. The highest BCUT2D eigenvalue weighted by Gasteiger charge is 2.07. The second-order valence-corrected chi connectivity index (χ2v) is 3.41. The molecule has 0 fully saturated rings. The lowest BCUT2D eigenvalue weighted by Gasteiger charge is -2.07. The summed E-state index contributed by atoms with van der Waals surface area (Å²) in [6.45, 7) is 7.11. The molecule has 0 bridgehead atoms. The second-order valence-electron chi connectivity index (χ2n) is 3.41. The van der Waals surface area contributed by atoms with Crippen molar-refractivity contribution in [1.82, 2.24) is 0 Å². The van der Waals surface area contributed by atoms with E-state index in [-0.39, 0.29) is 17.4 Å². The predicted molar refractivity (Wildman–Crippen MR) is 60.7 cm³/mol. The Morgan fingerprint density at radius 2 is 2.00 bits per heavy atom. The molecule has 0 radical (unpaired) electrons. The second kappa shape index (κ2) is 6.87. The third-order valence-electron chi connectivity index (χ3n) is 2.07. The average Bonchev–Trinajstić information content (AvgIpc) is 2.21. The third-order valence-corrected chi connectivity index (χ3v) is 2.07. The number of aliphatic hydroxyl groups excluding tert-OH is 2. The maximum atomic E-state index is 10.7. The van der Waals surface area contributed by atoms with Crippen molar-refractivity contribution in [1.29, 1.82) is 0 Å². The van der Waals surface area contributed by atoms with Gasteiger partial charge in [-0.15, -0.1) is 0 Å². The van der Waals surface area contributed by atoms with Crippen LogP contribution >= 0.6 is 0 Å². The van der Waals surface area contributed by atoms with E-state index in [1.54, 1.807) is 6.08 Å². The van der Waals surface area contributed by atoms with E-state index in [9.17, 15) is 9.90 Å². The SMILES string of the molecule is C=C(/C=C\C(O)=C(/C)O)C(C=O)CCC. The van der Waals surface area contributed by atoms with Crippen molar-refractivity contribution in [2.24, 2.45) is 5.92 Å². The highest BCUT2D eigenvalue weighted by molar-refractivity contribution is 5.60. The summed E-state index contributed by atoms with van der Waals surface area (Å²) >= 11 is 0. The van der Waals surface area contributed by atoms with Crippen LogP contribution in [0.2, 0.25) is 0 Å². The Hall–Kier alpha value is -1.51. The van der Waals surface area contributed by atoms with Gasteiger partial charge in [0.15, 0.2) is 5.76 Å². The fourth-order valence-corrected chi connectivity index (χ4v) is 1.08. The predicted octanol–water partition coefficient (Wildman–Crippen LogP) is 3.06. The van der Waals surface area contributed by atoms with Gasteiger partial charge in [-0.2, -0.15) is 0 Å². The van der Waals surface area contributed by atoms with Gasteiger partial charge in [0.2, 0.25) is 0 Å². The Labute approximate surface area is 90.4 Å². The molecule has 0 aliphatic rings. The Kier molecular flexibility index (Phi) is 6.18. The van der Waals surface area contributed by atoms with Crippen LogP contribution < -0.4 is 0 Å². The first-order valence-corrected chi connectivity index (χ1v) is 4.93. The van der Waals surface area contributed by atoms with Crippen molar-refractivity contribution in [2.45, 2.75) is 26.7 Å². The van der Waals surface area contributed by atoms with E-state index >= 15 is 0 Å². The van der Waals surface area contributed by atoms with Gasteiger partial charge in [0, 0.05) is 5.92 Å². The quantitative estimate of drug-likeness (QED) is 0.402. The molecule has 3 nitrogen and oxygen atoms in total. The van der Waals surface area contributed by atoms with E-state index in [2.05, 4.69) is 6.58 Å². The molecule has 84 valence electrons. The molecule has 0 rings (SSSR count). The van der Waals surface area contributed by atoms with Gasteiger partial charge in [-0.1, -0.05) is 26.0 Å². The van der Waals surface area contributed by atoms with Gasteiger partial charge in [0.25, 0.3) is 0 Å². The van der Waals surface area contributed by atoms with Gasteiger partial charge in [-0.3, -0.25) is 0 Å². The number of aldehydes is 1. The van der Waals surface area contributed by atoms with Gasteiger partial charge in [0.1, 0.15) is 12.0 Å². The molecule has 0 amide bonds. The molecule has 15 heavy (non-hydrogen) atoms. The molecule has 2 N–H and O–H groups in total. The van der Waals surface area contributed by atoms with Crippen LogP contribution in [0.4, 0.5) is 0 Å². The molecule has 0 saturated carbocycles. The van der Waals surface area contributed by atoms with Gasteiger partial charge < -0.3 is 15.0 Å². The van der Waals surface area contributed by atoms with E-state index in [0.717, 1.165) is 19.1 Å². The zero-order valence-electron chi connectivity index (χ0n) is 9.23. The minimum Gasteiger partial charge on any atom is -0.509 e. The first-order valence-electron chi connectivity index (χ1n) is 4.93. The number of hydrogen-bond acceptors (Lipinski definition) is 3. The number of allylic oxidation sites excluding steroid dienone is 4. The summed E-state index contributed by atoms with van der Waals surface area (Å²) in [6, 6.07) is 0. The summed E-state index contributed by atoms with van der Waals surface area (Å²) in [6.07, 6.45) is 5.38. The van der Waals surface area contributed by atoms with Gasteiger partial charge >= 0.3 is 0 Å². The fourth-order valence-electron chi connectivity index (χ4n) is 1.08. The van der Waals surface area contributed by atoms with E-state index in [1.165, 1.54) is 13.0 Å². The molecule has 0 aliphatic heterocycles. The maximum Gasteiger partial charge on any atom is 0.152 e. The summed E-state index contributed by atoms with van der Waals surface area (Å²) in [5.74, 6) is -0.576. The topological polar surface area (TPSA) is 57.5 Å². The highest BCUT2D eigenvalue weighted by atomic mass is 16.3. The molecule has 0 aliphatic carbocycles.